The number of amides is 1. The summed E-state index contributed by atoms with van der Waals surface area (Å²) < 4.78 is 0. The molecule has 0 aliphatic carbocycles. The third-order valence-corrected chi connectivity index (χ3v) is 3.77. The van der Waals surface area contributed by atoms with E-state index in [1.165, 1.54) is 4.90 Å². The van der Waals surface area contributed by atoms with E-state index in [0.29, 0.717) is 10.7 Å². The number of rotatable bonds is 2. The first-order valence-electron chi connectivity index (χ1n) is 6.75. The van der Waals surface area contributed by atoms with E-state index >= 15 is 0 Å². The molecule has 1 N–H and O–H groups in total. The molecule has 0 saturated carbocycles. The zero-order valence-electron chi connectivity index (χ0n) is 12.6. The van der Waals surface area contributed by atoms with Crippen LogP contribution in [-0.2, 0) is 6.54 Å². The first-order valence-corrected chi connectivity index (χ1v) is 7.13. The van der Waals surface area contributed by atoms with Crippen LogP contribution in [0.1, 0.15) is 31.9 Å². The molecule has 1 amide bonds. The highest BCUT2D eigenvalue weighted by atomic mass is 35.5. The topological polar surface area (TPSA) is 53.4 Å². The van der Waals surface area contributed by atoms with Crippen molar-refractivity contribution in [1.29, 1.82) is 0 Å². The Hall–Kier alpha value is -1.81. The second kappa shape index (κ2) is 5.53. The van der Waals surface area contributed by atoms with Crippen LogP contribution in [0.25, 0.3) is 10.9 Å². The molecule has 0 saturated heterocycles. The van der Waals surface area contributed by atoms with Gasteiger partial charge in [-0.1, -0.05) is 29.8 Å². The van der Waals surface area contributed by atoms with Gasteiger partial charge in [-0.3, -0.25) is 4.90 Å². The molecule has 4 nitrogen and oxygen atoms in total. The molecule has 0 fully saturated rings. The van der Waals surface area contributed by atoms with Gasteiger partial charge >= 0.3 is 6.09 Å². The number of para-hydroxylation sites is 1. The summed E-state index contributed by atoms with van der Waals surface area (Å²) in [5, 5.41) is 10.7. The Morgan fingerprint density at radius 3 is 2.62 bits per heavy atom. The van der Waals surface area contributed by atoms with E-state index in [1.807, 2.05) is 52.0 Å². The van der Waals surface area contributed by atoms with Gasteiger partial charge in [-0.2, -0.15) is 0 Å². The lowest BCUT2D eigenvalue weighted by atomic mass is 10.0. The van der Waals surface area contributed by atoms with Crippen molar-refractivity contribution in [2.75, 3.05) is 0 Å². The number of fused-ring (bicyclic) bond motifs is 1. The zero-order valence-corrected chi connectivity index (χ0v) is 13.4. The zero-order chi connectivity index (χ0) is 15.8. The van der Waals surface area contributed by atoms with E-state index in [1.54, 1.807) is 0 Å². The average molecular weight is 307 g/mol. The van der Waals surface area contributed by atoms with Crippen LogP contribution in [-0.4, -0.2) is 26.6 Å². The first kappa shape index (κ1) is 15.6. The molecular weight excluding hydrogens is 288 g/mol. The fourth-order valence-corrected chi connectivity index (χ4v) is 2.44. The van der Waals surface area contributed by atoms with Crippen LogP contribution in [0.15, 0.2) is 24.3 Å². The lowest BCUT2D eigenvalue weighted by Crippen LogP contribution is -2.44. The monoisotopic (exact) mass is 306 g/mol. The summed E-state index contributed by atoms with van der Waals surface area (Å²) in [6.45, 7) is 7.76. The summed E-state index contributed by atoms with van der Waals surface area (Å²) in [5.74, 6) is 0. The van der Waals surface area contributed by atoms with Crippen LogP contribution in [0.3, 0.4) is 0 Å². The normalized spacial score (nSPS) is 11.7. The average Bonchev–Trinajstić information content (AvgIpc) is 2.35. The quantitative estimate of drug-likeness (QED) is 0.833. The van der Waals surface area contributed by atoms with Gasteiger partial charge in [0.1, 0.15) is 5.15 Å². The summed E-state index contributed by atoms with van der Waals surface area (Å²) >= 11 is 6.24. The molecular formula is C16H19ClN2O2. The Morgan fingerprint density at radius 1 is 1.38 bits per heavy atom. The summed E-state index contributed by atoms with van der Waals surface area (Å²) in [4.78, 5) is 17.2. The number of benzene rings is 1. The van der Waals surface area contributed by atoms with Crippen LogP contribution < -0.4 is 0 Å². The number of hydrogen-bond acceptors (Lipinski definition) is 2. The molecule has 0 radical (unpaired) electrons. The fourth-order valence-electron chi connectivity index (χ4n) is 2.24. The number of halogens is 1. The fraction of sp³-hybridized carbons (Fsp3) is 0.375. The molecule has 0 atom stereocenters. The Kier molecular flexibility index (Phi) is 4.10. The van der Waals surface area contributed by atoms with E-state index in [2.05, 4.69) is 4.98 Å². The molecule has 1 aromatic heterocycles. The highest BCUT2D eigenvalue weighted by molar-refractivity contribution is 6.30. The van der Waals surface area contributed by atoms with Crippen molar-refractivity contribution in [3.8, 4) is 0 Å². The van der Waals surface area contributed by atoms with Crippen molar-refractivity contribution in [3.05, 3.63) is 40.5 Å². The number of carbonyl (C=O) groups is 1. The predicted octanol–water partition coefficient (Wildman–Crippen LogP) is 4.48. The number of aryl methyl sites for hydroxylation is 1. The van der Waals surface area contributed by atoms with Gasteiger partial charge in [-0.05, 0) is 39.3 Å². The SMILES string of the molecule is Cc1cccc2cc(CN(C(=O)O)C(C)(C)C)c(Cl)nc12. The minimum atomic E-state index is -0.970. The van der Waals surface area contributed by atoms with E-state index in [9.17, 15) is 9.90 Å². The molecule has 1 heterocycles. The molecule has 0 aliphatic heterocycles. The molecule has 112 valence electrons. The van der Waals surface area contributed by atoms with Gasteiger partial charge in [-0.25, -0.2) is 9.78 Å². The number of carboxylic acid groups (broad SMARTS) is 1. The predicted molar refractivity (Wildman–Crippen MR) is 84.8 cm³/mol. The van der Waals surface area contributed by atoms with E-state index in [4.69, 9.17) is 11.6 Å². The standard InChI is InChI=1S/C16H19ClN2O2/c1-10-6-5-7-11-8-12(14(17)18-13(10)11)9-19(15(20)21)16(2,3)4/h5-8H,9H2,1-4H3,(H,20,21). The van der Waals surface area contributed by atoms with Crippen LogP contribution in [0.5, 0.6) is 0 Å². The number of aromatic nitrogens is 1. The summed E-state index contributed by atoms with van der Waals surface area (Å²) in [5.41, 5.74) is 2.11. The Morgan fingerprint density at radius 2 is 2.05 bits per heavy atom. The summed E-state index contributed by atoms with van der Waals surface area (Å²) in [7, 11) is 0. The number of hydrogen-bond donors (Lipinski definition) is 1. The van der Waals surface area contributed by atoms with Gasteiger partial charge in [0.25, 0.3) is 0 Å². The third kappa shape index (κ3) is 3.27. The molecule has 0 bridgehead atoms. The smallest absolute Gasteiger partial charge is 0.408 e. The van der Waals surface area contributed by atoms with E-state index in [0.717, 1.165) is 16.5 Å². The van der Waals surface area contributed by atoms with Crippen molar-refractivity contribution >= 4 is 28.6 Å². The molecule has 0 aliphatic rings. The number of pyridine rings is 1. The minimum absolute atomic E-state index is 0.217. The minimum Gasteiger partial charge on any atom is -0.465 e. The lowest BCUT2D eigenvalue weighted by Gasteiger charge is -2.33. The molecule has 2 rings (SSSR count). The van der Waals surface area contributed by atoms with Gasteiger partial charge in [0.05, 0.1) is 12.1 Å². The van der Waals surface area contributed by atoms with Crippen molar-refractivity contribution in [2.24, 2.45) is 0 Å². The Labute approximate surface area is 129 Å². The number of nitrogens with zero attached hydrogens (tertiary/aromatic N) is 2. The van der Waals surface area contributed by atoms with E-state index in [-0.39, 0.29) is 6.54 Å². The van der Waals surface area contributed by atoms with Gasteiger partial charge in [0.2, 0.25) is 0 Å². The van der Waals surface area contributed by atoms with Crippen LogP contribution in [0.4, 0.5) is 4.79 Å². The van der Waals surface area contributed by atoms with Crippen molar-refractivity contribution in [3.63, 3.8) is 0 Å². The van der Waals surface area contributed by atoms with Crippen LogP contribution >= 0.6 is 11.6 Å². The van der Waals surface area contributed by atoms with Crippen molar-refractivity contribution in [2.45, 2.75) is 39.8 Å². The van der Waals surface area contributed by atoms with Gasteiger partial charge in [0.15, 0.2) is 0 Å². The highest BCUT2D eigenvalue weighted by Crippen LogP contribution is 2.26. The second-order valence-corrected chi connectivity index (χ2v) is 6.48. The molecule has 2 aromatic rings. The summed E-state index contributed by atoms with van der Waals surface area (Å²) in [6, 6.07) is 7.80. The summed E-state index contributed by atoms with van der Waals surface area (Å²) in [6.07, 6.45) is -0.970. The highest BCUT2D eigenvalue weighted by Gasteiger charge is 2.27. The second-order valence-electron chi connectivity index (χ2n) is 6.12. The third-order valence-electron chi connectivity index (χ3n) is 3.44. The van der Waals surface area contributed by atoms with Gasteiger partial charge < -0.3 is 5.11 Å². The Bertz CT molecular complexity index is 692. The maximum atomic E-state index is 11.4. The molecule has 0 unspecified atom stereocenters. The maximum Gasteiger partial charge on any atom is 0.408 e. The maximum absolute atomic E-state index is 11.4. The van der Waals surface area contributed by atoms with Gasteiger partial charge in [0, 0.05) is 16.5 Å². The molecule has 1 aromatic carbocycles. The van der Waals surface area contributed by atoms with Crippen molar-refractivity contribution < 1.29 is 9.90 Å². The first-order chi connectivity index (χ1) is 9.70. The molecule has 21 heavy (non-hydrogen) atoms. The van der Waals surface area contributed by atoms with E-state index < -0.39 is 11.6 Å². The van der Waals surface area contributed by atoms with Crippen molar-refractivity contribution in [1.82, 2.24) is 9.88 Å². The molecule has 5 heteroatoms. The lowest BCUT2D eigenvalue weighted by molar-refractivity contribution is 0.0955. The van der Waals surface area contributed by atoms with Crippen LogP contribution in [0.2, 0.25) is 5.15 Å². The molecule has 0 spiro atoms. The van der Waals surface area contributed by atoms with Crippen LogP contribution in [0, 0.1) is 6.92 Å². The van der Waals surface area contributed by atoms with Gasteiger partial charge in [-0.15, -0.1) is 0 Å². The Balaban J connectivity index is 2.47. The largest absolute Gasteiger partial charge is 0.465 e.